The maximum Gasteiger partial charge on any atom is -0.00131 e. The van der Waals surface area contributed by atoms with Gasteiger partial charge in [-0.15, -0.1) is 0 Å². The molecular weight excluding hydrogens is 396 g/mol. The highest BCUT2D eigenvalue weighted by Crippen LogP contribution is 2.40. The van der Waals surface area contributed by atoms with E-state index in [1.165, 1.54) is 55.3 Å². The van der Waals surface area contributed by atoms with Crippen LogP contribution in [0.4, 0.5) is 0 Å². The normalized spacial score (nSPS) is 10.0. The first kappa shape index (κ1) is 28.2. The lowest BCUT2D eigenvalue weighted by Gasteiger charge is -2.10. The Morgan fingerprint density at radius 1 is 0.485 bits per heavy atom. The molecule has 5 rings (SSSR count). The van der Waals surface area contributed by atoms with E-state index in [0.717, 1.165) is 6.42 Å². The van der Waals surface area contributed by atoms with Crippen molar-refractivity contribution in [3.8, 4) is 22.3 Å². The molecule has 4 aromatic rings. The summed E-state index contributed by atoms with van der Waals surface area (Å²) < 4.78 is 0. The molecule has 4 aromatic carbocycles. The molecule has 0 fully saturated rings. The Hall–Kier alpha value is -2.86. The number of rotatable bonds is 1. The van der Waals surface area contributed by atoms with Gasteiger partial charge in [-0.3, -0.25) is 0 Å². The zero-order valence-corrected chi connectivity index (χ0v) is 22.6. The Morgan fingerprint density at radius 2 is 1.03 bits per heavy atom. The molecule has 0 bridgehead atoms. The van der Waals surface area contributed by atoms with Crippen molar-refractivity contribution in [2.24, 2.45) is 0 Å². The van der Waals surface area contributed by atoms with Gasteiger partial charge in [-0.25, -0.2) is 0 Å². The SMILES string of the molecule is CC.CC.CC.CC.Cc1ccc2c(c1)Cc1cc(-c3cccc4c(C)cccc34)ccc1-2. The minimum absolute atomic E-state index is 1.05. The molecule has 0 heterocycles. The van der Waals surface area contributed by atoms with E-state index in [1.54, 1.807) is 0 Å². The van der Waals surface area contributed by atoms with Crippen LogP contribution in [0.25, 0.3) is 33.0 Å². The van der Waals surface area contributed by atoms with Crippen molar-refractivity contribution in [2.75, 3.05) is 0 Å². The van der Waals surface area contributed by atoms with Gasteiger partial charge >= 0.3 is 0 Å². The second kappa shape index (κ2) is 14.3. The van der Waals surface area contributed by atoms with E-state index in [-0.39, 0.29) is 0 Å². The monoisotopic (exact) mass is 440 g/mol. The zero-order chi connectivity index (χ0) is 25.0. The van der Waals surface area contributed by atoms with Crippen molar-refractivity contribution in [3.05, 3.63) is 95.1 Å². The summed E-state index contributed by atoms with van der Waals surface area (Å²) in [6.07, 6.45) is 1.05. The molecule has 0 saturated heterocycles. The number of benzene rings is 4. The Labute approximate surface area is 203 Å². The van der Waals surface area contributed by atoms with Gasteiger partial charge in [-0.2, -0.15) is 0 Å². The zero-order valence-electron chi connectivity index (χ0n) is 22.6. The number of aryl methyl sites for hydroxylation is 2. The predicted octanol–water partition coefficient (Wildman–Crippen LogP) is 10.8. The molecule has 33 heavy (non-hydrogen) atoms. The van der Waals surface area contributed by atoms with Gasteiger partial charge in [0.1, 0.15) is 0 Å². The Bertz CT molecular complexity index is 1130. The molecular formula is C33H44. The van der Waals surface area contributed by atoms with E-state index in [2.05, 4.69) is 86.6 Å². The predicted molar refractivity (Wildman–Crippen MR) is 152 cm³/mol. The van der Waals surface area contributed by atoms with Crippen LogP contribution in [0.3, 0.4) is 0 Å². The highest BCUT2D eigenvalue weighted by atomic mass is 14.2. The lowest BCUT2D eigenvalue weighted by atomic mass is 9.94. The summed E-state index contributed by atoms with van der Waals surface area (Å²) in [5.74, 6) is 0. The summed E-state index contributed by atoms with van der Waals surface area (Å²) in [4.78, 5) is 0. The second-order valence-electron chi connectivity index (χ2n) is 7.18. The minimum atomic E-state index is 1.05. The lowest BCUT2D eigenvalue weighted by molar-refractivity contribution is 1.25. The fraction of sp³-hybridized carbons (Fsp3) is 0.333. The van der Waals surface area contributed by atoms with Crippen LogP contribution >= 0.6 is 0 Å². The van der Waals surface area contributed by atoms with Gasteiger partial charge in [0.25, 0.3) is 0 Å². The number of hydrogen-bond acceptors (Lipinski definition) is 0. The first-order valence-electron chi connectivity index (χ1n) is 12.9. The van der Waals surface area contributed by atoms with Crippen LogP contribution in [0.1, 0.15) is 77.6 Å². The van der Waals surface area contributed by atoms with Gasteiger partial charge in [-0.1, -0.05) is 134 Å². The van der Waals surface area contributed by atoms with Crippen LogP contribution in [0.15, 0.2) is 72.8 Å². The minimum Gasteiger partial charge on any atom is -0.0683 e. The molecule has 176 valence electrons. The third-order valence-electron chi connectivity index (χ3n) is 5.49. The maximum atomic E-state index is 2.39. The van der Waals surface area contributed by atoms with Crippen molar-refractivity contribution in [3.63, 3.8) is 0 Å². The average Bonchev–Trinajstić information content (AvgIpc) is 3.25. The van der Waals surface area contributed by atoms with Crippen molar-refractivity contribution < 1.29 is 0 Å². The standard InChI is InChI=1S/C25H20.4C2H6/c1-16-9-11-23-19(13-16)15-20-14-18(10-12-24(20)23)22-7-4-6-21-17(2)5-3-8-25(21)22;4*1-2/h3-14H,15H2,1-2H3;4*1-2H3. The molecule has 0 aliphatic heterocycles. The fourth-order valence-corrected chi connectivity index (χ4v) is 4.23. The Balaban J connectivity index is 0.000000619. The van der Waals surface area contributed by atoms with Gasteiger partial charge < -0.3 is 0 Å². The fourth-order valence-electron chi connectivity index (χ4n) is 4.23. The van der Waals surface area contributed by atoms with Crippen LogP contribution in [0.5, 0.6) is 0 Å². The molecule has 0 aromatic heterocycles. The van der Waals surface area contributed by atoms with E-state index >= 15 is 0 Å². The van der Waals surface area contributed by atoms with Crippen molar-refractivity contribution in [2.45, 2.75) is 75.7 Å². The summed E-state index contributed by atoms with van der Waals surface area (Å²) in [7, 11) is 0. The van der Waals surface area contributed by atoms with Crippen molar-refractivity contribution >= 4 is 10.8 Å². The summed E-state index contributed by atoms with van der Waals surface area (Å²) in [5, 5.41) is 2.69. The molecule has 0 spiro atoms. The highest BCUT2D eigenvalue weighted by molar-refractivity contribution is 5.98. The molecule has 0 nitrogen and oxygen atoms in total. The summed E-state index contributed by atoms with van der Waals surface area (Å²) >= 11 is 0. The molecule has 0 radical (unpaired) electrons. The van der Waals surface area contributed by atoms with Crippen LogP contribution in [0.2, 0.25) is 0 Å². The van der Waals surface area contributed by atoms with E-state index in [9.17, 15) is 0 Å². The molecule has 0 heteroatoms. The Morgan fingerprint density at radius 3 is 1.70 bits per heavy atom. The summed E-state index contributed by atoms with van der Waals surface area (Å²) in [6.45, 7) is 20.4. The number of fused-ring (bicyclic) bond motifs is 4. The average molecular weight is 441 g/mol. The quantitative estimate of drug-likeness (QED) is 0.243. The van der Waals surface area contributed by atoms with Gasteiger partial charge in [0.15, 0.2) is 0 Å². The third kappa shape index (κ3) is 6.14. The summed E-state index contributed by atoms with van der Waals surface area (Å²) in [6, 6.07) is 27.0. The Kier molecular flexibility index (Phi) is 12.2. The molecule has 0 N–H and O–H groups in total. The van der Waals surface area contributed by atoms with Crippen LogP contribution in [0, 0.1) is 13.8 Å². The molecule has 1 aliphatic carbocycles. The molecule has 0 unspecified atom stereocenters. The number of hydrogen-bond donors (Lipinski definition) is 0. The molecule has 1 aliphatic rings. The van der Waals surface area contributed by atoms with E-state index < -0.39 is 0 Å². The molecule has 0 amide bonds. The first-order chi connectivity index (χ1) is 16.2. The van der Waals surface area contributed by atoms with Crippen LogP contribution in [-0.4, -0.2) is 0 Å². The highest BCUT2D eigenvalue weighted by Gasteiger charge is 2.19. The van der Waals surface area contributed by atoms with E-state index in [0.29, 0.717) is 0 Å². The van der Waals surface area contributed by atoms with E-state index in [1.807, 2.05) is 55.4 Å². The van der Waals surface area contributed by atoms with Gasteiger partial charge in [0.05, 0.1) is 0 Å². The third-order valence-corrected chi connectivity index (χ3v) is 5.49. The van der Waals surface area contributed by atoms with E-state index in [4.69, 9.17) is 0 Å². The van der Waals surface area contributed by atoms with Crippen LogP contribution in [-0.2, 0) is 6.42 Å². The second-order valence-corrected chi connectivity index (χ2v) is 7.18. The van der Waals surface area contributed by atoms with Gasteiger partial charge in [0, 0.05) is 0 Å². The molecule has 0 atom stereocenters. The molecule has 0 saturated carbocycles. The smallest absolute Gasteiger partial charge is 0.00131 e. The van der Waals surface area contributed by atoms with Gasteiger partial charge in [0.2, 0.25) is 0 Å². The van der Waals surface area contributed by atoms with Crippen LogP contribution < -0.4 is 0 Å². The van der Waals surface area contributed by atoms with Crippen molar-refractivity contribution in [1.29, 1.82) is 0 Å². The van der Waals surface area contributed by atoms with Gasteiger partial charge in [-0.05, 0) is 70.0 Å². The topological polar surface area (TPSA) is 0 Å². The first-order valence-corrected chi connectivity index (χ1v) is 12.9. The maximum absolute atomic E-state index is 2.39. The summed E-state index contributed by atoms with van der Waals surface area (Å²) in [5.41, 5.74) is 11.0. The van der Waals surface area contributed by atoms with Crippen molar-refractivity contribution in [1.82, 2.24) is 0 Å². The lowest BCUT2D eigenvalue weighted by Crippen LogP contribution is -1.86. The largest absolute Gasteiger partial charge is 0.0683 e.